The number of aromatic amines is 1. The highest BCUT2D eigenvalue weighted by atomic mass is 19.1. The van der Waals surface area contributed by atoms with Crippen molar-refractivity contribution in [3.8, 4) is 0 Å². The smallest absolute Gasteiger partial charge is 0.123 e. The van der Waals surface area contributed by atoms with Gasteiger partial charge in [0, 0.05) is 61.2 Å². The predicted octanol–water partition coefficient (Wildman–Crippen LogP) is 4.33. The average Bonchev–Trinajstić information content (AvgIpc) is 3.47. The van der Waals surface area contributed by atoms with Crippen LogP contribution in [0.4, 0.5) is 15.8 Å². The number of piperazine rings is 1. The summed E-state index contributed by atoms with van der Waals surface area (Å²) in [6.07, 6.45) is 6.30. The summed E-state index contributed by atoms with van der Waals surface area (Å²) < 4.78 is 13.6. The number of rotatable bonds is 7. The van der Waals surface area contributed by atoms with Crippen LogP contribution in [0.15, 0.2) is 42.6 Å². The minimum absolute atomic E-state index is 0.171. The van der Waals surface area contributed by atoms with Gasteiger partial charge in [-0.15, -0.1) is 0 Å². The number of nitrogens with zero attached hydrogens (tertiary/aromatic N) is 3. The third kappa shape index (κ3) is 4.59. The number of H-pyrrole nitrogens is 1. The maximum atomic E-state index is 13.6. The van der Waals surface area contributed by atoms with E-state index in [-0.39, 0.29) is 18.5 Å². The van der Waals surface area contributed by atoms with Crippen LogP contribution in [0, 0.1) is 12.7 Å². The van der Waals surface area contributed by atoms with E-state index in [9.17, 15) is 9.50 Å². The molecule has 1 atom stereocenters. The molecular formula is C27H35FN4O. The Kier molecular flexibility index (Phi) is 6.56. The average molecular weight is 451 g/mol. The van der Waals surface area contributed by atoms with Crippen LogP contribution in [0.25, 0.3) is 10.9 Å². The number of aromatic nitrogens is 1. The van der Waals surface area contributed by atoms with Crippen LogP contribution < -0.4 is 9.80 Å². The summed E-state index contributed by atoms with van der Waals surface area (Å²) in [5.74, 6) is -0.171. The number of nitrogens with one attached hydrogen (secondary N) is 1. The Bertz CT molecular complexity index is 1090. The molecule has 0 amide bonds. The molecule has 5 nitrogen and oxygen atoms in total. The summed E-state index contributed by atoms with van der Waals surface area (Å²) in [5.41, 5.74) is 6.16. The zero-order chi connectivity index (χ0) is 22.8. The first-order chi connectivity index (χ1) is 16.1. The minimum Gasteiger partial charge on any atom is -0.394 e. The monoisotopic (exact) mass is 450 g/mol. The van der Waals surface area contributed by atoms with Crippen LogP contribution in [0.3, 0.4) is 0 Å². The van der Waals surface area contributed by atoms with Gasteiger partial charge in [-0.1, -0.05) is 6.07 Å². The SMILES string of the molecule is Cc1c(N2CCN(CCCc3c[nH]c4ccc(F)cc34)CC2)cccc1N1CCC[C@H]1CO. The molecule has 3 aromatic rings. The zero-order valence-electron chi connectivity index (χ0n) is 19.6. The van der Waals surface area contributed by atoms with Gasteiger partial charge in [-0.2, -0.15) is 0 Å². The third-order valence-corrected chi connectivity index (χ3v) is 7.54. The molecule has 0 spiro atoms. The molecule has 0 radical (unpaired) electrons. The highest BCUT2D eigenvalue weighted by molar-refractivity contribution is 5.83. The first-order valence-electron chi connectivity index (χ1n) is 12.3. The summed E-state index contributed by atoms with van der Waals surface area (Å²) in [7, 11) is 0. The van der Waals surface area contributed by atoms with E-state index >= 15 is 0 Å². The first kappa shape index (κ1) is 22.2. The molecule has 0 aliphatic carbocycles. The Morgan fingerprint density at radius 2 is 1.88 bits per heavy atom. The van der Waals surface area contributed by atoms with Crippen LogP contribution >= 0.6 is 0 Å². The highest BCUT2D eigenvalue weighted by Crippen LogP contribution is 2.34. The summed E-state index contributed by atoms with van der Waals surface area (Å²) in [6.45, 7) is 8.76. The number of aliphatic hydroxyl groups is 1. The summed E-state index contributed by atoms with van der Waals surface area (Å²) in [6, 6.07) is 11.8. The normalized spacial score (nSPS) is 19.7. The van der Waals surface area contributed by atoms with Crippen molar-refractivity contribution in [1.82, 2.24) is 9.88 Å². The molecule has 2 fully saturated rings. The van der Waals surface area contributed by atoms with Crippen molar-refractivity contribution in [2.45, 2.75) is 38.6 Å². The molecule has 2 aromatic carbocycles. The molecule has 2 N–H and O–H groups in total. The van der Waals surface area contributed by atoms with Gasteiger partial charge in [0.2, 0.25) is 0 Å². The maximum absolute atomic E-state index is 13.6. The molecule has 2 aliphatic heterocycles. The van der Waals surface area contributed by atoms with Crippen molar-refractivity contribution in [2.75, 3.05) is 55.7 Å². The third-order valence-electron chi connectivity index (χ3n) is 7.54. The van der Waals surface area contributed by atoms with E-state index in [1.807, 2.05) is 12.3 Å². The van der Waals surface area contributed by atoms with E-state index in [0.717, 1.165) is 75.9 Å². The summed E-state index contributed by atoms with van der Waals surface area (Å²) in [5, 5.41) is 10.8. The van der Waals surface area contributed by atoms with Gasteiger partial charge in [0.1, 0.15) is 5.82 Å². The Hall–Kier alpha value is -2.57. The quantitative estimate of drug-likeness (QED) is 0.562. The second-order valence-corrected chi connectivity index (χ2v) is 9.53. The largest absolute Gasteiger partial charge is 0.394 e. The van der Waals surface area contributed by atoms with Crippen LogP contribution in [-0.2, 0) is 6.42 Å². The molecular weight excluding hydrogens is 415 g/mol. The summed E-state index contributed by atoms with van der Waals surface area (Å²) in [4.78, 5) is 10.7. The van der Waals surface area contributed by atoms with Crippen molar-refractivity contribution >= 4 is 22.3 Å². The second kappa shape index (κ2) is 9.74. The van der Waals surface area contributed by atoms with Crippen molar-refractivity contribution in [1.29, 1.82) is 0 Å². The number of hydrogen-bond donors (Lipinski definition) is 2. The lowest BCUT2D eigenvalue weighted by atomic mass is 10.1. The highest BCUT2D eigenvalue weighted by Gasteiger charge is 2.27. The number of aryl methyl sites for hydroxylation is 1. The molecule has 3 heterocycles. The number of anilines is 2. The first-order valence-corrected chi connectivity index (χ1v) is 12.3. The lowest BCUT2D eigenvalue weighted by Crippen LogP contribution is -2.47. The summed E-state index contributed by atoms with van der Waals surface area (Å²) >= 11 is 0. The van der Waals surface area contributed by atoms with Gasteiger partial charge in [-0.05, 0) is 80.6 Å². The van der Waals surface area contributed by atoms with E-state index in [1.165, 1.54) is 28.6 Å². The van der Waals surface area contributed by atoms with Gasteiger partial charge in [-0.3, -0.25) is 4.90 Å². The number of hydrogen-bond acceptors (Lipinski definition) is 4. The van der Waals surface area contributed by atoms with E-state index in [4.69, 9.17) is 0 Å². The van der Waals surface area contributed by atoms with Crippen LogP contribution in [0.2, 0.25) is 0 Å². The van der Waals surface area contributed by atoms with Gasteiger partial charge in [0.05, 0.1) is 12.6 Å². The van der Waals surface area contributed by atoms with E-state index < -0.39 is 0 Å². The van der Waals surface area contributed by atoms with Gasteiger partial charge < -0.3 is 19.9 Å². The number of halogens is 1. The Labute approximate surface area is 195 Å². The maximum Gasteiger partial charge on any atom is 0.123 e. The number of aliphatic hydroxyl groups excluding tert-OH is 1. The molecule has 0 unspecified atom stereocenters. The van der Waals surface area contributed by atoms with E-state index in [0.29, 0.717) is 0 Å². The van der Waals surface area contributed by atoms with Crippen molar-refractivity contribution in [3.63, 3.8) is 0 Å². The standard InChI is InChI=1S/C27H35FN4O/c1-20-26(7-2-8-27(20)32-12-4-6-23(32)19-33)31-15-13-30(14-16-31)11-3-5-21-18-29-25-10-9-22(28)17-24(21)25/h2,7-10,17-18,23,29,33H,3-6,11-16,19H2,1H3/t23-/m0/s1. The number of benzene rings is 2. The number of fused-ring (bicyclic) bond motifs is 1. The van der Waals surface area contributed by atoms with Gasteiger partial charge in [0.25, 0.3) is 0 Å². The van der Waals surface area contributed by atoms with Crippen molar-refractivity contribution in [2.24, 2.45) is 0 Å². The van der Waals surface area contributed by atoms with Gasteiger partial charge in [-0.25, -0.2) is 4.39 Å². The van der Waals surface area contributed by atoms with Crippen LogP contribution in [0.5, 0.6) is 0 Å². The van der Waals surface area contributed by atoms with E-state index in [1.54, 1.807) is 6.07 Å². The van der Waals surface area contributed by atoms with Gasteiger partial charge >= 0.3 is 0 Å². The molecule has 1 aromatic heterocycles. The second-order valence-electron chi connectivity index (χ2n) is 9.53. The minimum atomic E-state index is -0.171. The molecule has 2 aliphatic rings. The fraction of sp³-hybridized carbons (Fsp3) is 0.481. The van der Waals surface area contributed by atoms with E-state index in [2.05, 4.69) is 44.8 Å². The molecule has 33 heavy (non-hydrogen) atoms. The fourth-order valence-electron chi connectivity index (χ4n) is 5.67. The van der Waals surface area contributed by atoms with Crippen LogP contribution in [-0.4, -0.2) is 66.9 Å². The molecule has 2 saturated heterocycles. The van der Waals surface area contributed by atoms with Crippen LogP contribution in [0.1, 0.15) is 30.4 Å². The zero-order valence-corrected chi connectivity index (χ0v) is 19.6. The molecule has 0 saturated carbocycles. The Morgan fingerprint density at radius 1 is 1.06 bits per heavy atom. The Morgan fingerprint density at radius 3 is 2.70 bits per heavy atom. The van der Waals surface area contributed by atoms with Gasteiger partial charge in [0.15, 0.2) is 0 Å². The Balaban J connectivity index is 1.16. The topological polar surface area (TPSA) is 45.7 Å². The molecule has 0 bridgehead atoms. The lowest BCUT2D eigenvalue weighted by Gasteiger charge is -2.38. The molecule has 6 heteroatoms. The predicted molar refractivity (Wildman–Crippen MR) is 134 cm³/mol. The molecule has 176 valence electrons. The lowest BCUT2D eigenvalue weighted by molar-refractivity contribution is 0.255. The van der Waals surface area contributed by atoms with Crippen molar-refractivity contribution in [3.05, 3.63) is 59.5 Å². The fourth-order valence-corrected chi connectivity index (χ4v) is 5.67. The molecule has 5 rings (SSSR count). The van der Waals surface area contributed by atoms with Crippen molar-refractivity contribution < 1.29 is 9.50 Å².